The number of nitrogens with one attached hydrogen (secondary N) is 1. The van der Waals surface area contributed by atoms with Crippen LogP contribution in [0.4, 0.5) is 5.00 Å². The molecule has 2 fully saturated rings. The van der Waals surface area contributed by atoms with Gasteiger partial charge in [0.2, 0.25) is 5.91 Å². The Kier molecular flexibility index (Phi) is 7.79. The van der Waals surface area contributed by atoms with Crippen molar-refractivity contribution in [3.8, 4) is 0 Å². The number of carbonyl (C=O) groups is 2. The van der Waals surface area contributed by atoms with Gasteiger partial charge in [-0.1, -0.05) is 0 Å². The molecule has 0 spiro atoms. The third-order valence-electron chi connectivity index (χ3n) is 5.35. The van der Waals surface area contributed by atoms with Crippen molar-refractivity contribution in [2.24, 2.45) is 0 Å². The van der Waals surface area contributed by atoms with Gasteiger partial charge in [0.15, 0.2) is 0 Å². The van der Waals surface area contributed by atoms with Crippen molar-refractivity contribution in [2.45, 2.75) is 52.2 Å². The second-order valence-electron chi connectivity index (χ2n) is 7.34. The number of hydrogen-bond donors (Lipinski definition) is 1. The van der Waals surface area contributed by atoms with Gasteiger partial charge < -0.3 is 14.8 Å². The molecule has 2 atom stereocenters. The summed E-state index contributed by atoms with van der Waals surface area (Å²) < 4.78 is 11.0. The number of esters is 1. The fraction of sp³-hybridized carbons (Fsp3) is 0.700. The maximum atomic E-state index is 12.9. The predicted octanol–water partition coefficient (Wildman–Crippen LogP) is 3.47. The van der Waals surface area contributed by atoms with Gasteiger partial charge in [-0.15, -0.1) is 11.3 Å². The number of nitrogens with zero attached hydrogens (tertiary/aromatic N) is 1. The van der Waals surface area contributed by atoms with Gasteiger partial charge in [0.1, 0.15) is 5.00 Å². The molecule has 1 aromatic rings. The lowest BCUT2D eigenvalue weighted by Crippen LogP contribution is -2.44. The Morgan fingerprint density at radius 2 is 2.14 bits per heavy atom. The van der Waals surface area contributed by atoms with E-state index in [0.717, 1.165) is 54.4 Å². The summed E-state index contributed by atoms with van der Waals surface area (Å²) >= 11 is 3.38. The maximum Gasteiger partial charge on any atom is 0.341 e. The van der Waals surface area contributed by atoms with Crippen LogP contribution < -0.4 is 5.32 Å². The molecule has 2 saturated heterocycles. The van der Waals surface area contributed by atoms with Crippen molar-refractivity contribution >= 4 is 40.0 Å². The number of rotatable bonds is 8. The topological polar surface area (TPSA) is 67.9 Å². The number of amides is 1. The number of thiophene rings is 1. The van der Waals surface area contributed by atoms with Crippen molar-refractivity contribution < 1.29 is 19.1 Å². The van der Waals surface area contributed by atoms with Gasteiger partial charge in [0, 0.05) is 29.8 Å². The largest absolute Gasteiger partial charge is 0.462 e. The number of hydrogen-bond acceptors (Lipinski definition) is 7. The van der Waals surface area contributed by atoms with Gasteiger partial charge in [0.05, 0.1) is 24.8 Å². The molecule has 0 unspecified atom stereocenters. The van der Waals surface area contributed by atoms with Crippen LogP contribution in [-0.4, -0.2) is 66.7 Å². The van der Waals surface area contributed by atoms with Gasteiger partial charge >= 0.3 is 5.97 Å². The van der Waals surface area contributed by atoms with E-state index >= 15 is 0 Å². The summed E-state index contributed by atoms with van der Waals surface area (Å²) in [6.07, 6.45) is 3.49. The molecule has 2 aliphatic rings. The zero-order chi connectivity index (χ0) is 20.1. The summed E-state index contributed by atoms with van der Waals surface area (Å²) in [5.74, 6) is 1.75. The van der Waals surface area contributed by atoms with E-state index in [0.29, 0.717) is 29.8 Å². The molecule has 0 saturated carbocycles. The van der Waals surface area contributed by atoms with Crippen molar-refractivity contribution in [3.63, 3.8) is 0 Å². The highest BCUT2D eigenvalue weighted by molar-refractivity contribution is 7.99. The smallest absolute Gasteiger partial charge is 0.341 e. The highest BCUT2D eigenvalue weighted by Crippen LogP contribution is 2.33. The fourth-order valence-electron chi connectivity index (χ4n) is 3.72. The van der Waals surface area contributed by atoms with Crippen LogP contribution >= 0.6 is 23.1 Å². The highest BCUT2D eigenvalue weighted by atomic mass is 32.2. The van der Waals surface area contributed by atoms with E-state index < -0.39 is 0 Å². The van der Waals surface area contributed by atoms with E-state index in [1.54, 1.807) is 6.92 Å². The standard InChI is InChI=1S/C20H30N2O4S2/c1-4-25-20(24)18-13(2)14(3)28-19(18)21-17(23)11-22(15-7-9-27-12-15)10-16-6-5-8-26-16/h15-16H,4-12H2,1-3H3,(H,21,23)/t15-,16+/m0/s1. The summed E-state index contributed by atoms with van der Waals surface area (Å²) in [6, 6.07) is 0.413. The molecule has 3 rings (SSSR count). The van der Waals surface area contributed by atoms with Crippen molar-refractivity contribution in [3.05, 3.63) is 16.0 Å². The van der Waals surface area contributed by atoms with Crippen LogP contribution in [0.2, 0.25) is 0 Å². The average molecular weight is 427 g/mol. The Bertz CT molecular complexity index is 695. The minimum Gasteiger partial charge on any atom is -0.462 e. The van der Waals surface area contributed by atoms with Crippen LogP contribution in [0.1, 0.15) is 47.0 Å². The number of carbonyl (C=O) groups excluding carboxylic acids is 2. The highest BCUT2D eigenvalue weighted by Gasteiger charge is 2.29. The molecule has 2 aliphatic heterocycles. The number of aryl methyl sites for hydroxylation is 1. The normalized spacial score (nSPS) is 22.0. The molecule has 0 aliphatic carbocycles. The van der Waals surface area contributed by atoms with E-state index in [2.05, 4.69) is 10.2 Å². The monoisotopic (exact) mass is 426 g/mol. The molecule has 0 bridgehead atoms. The molecule has 8 heteroatoms. The SMILES string of the molecule is CCOC(=O)c1c(NC(=O)CN(C[C@H]2CCCO2)[C@H]2CCSC2)sc(C)c1C. The van der Waals surface area contributed by atoms with Crippen molar-refractivity contribution in [1.82, 2.24) is 4.90 Å². The summed E-state index contributed by atoms with van der Waals surface area (Å²) in [5, 5.41) is 3.57. The minimum atomic E-state index is -0.372. The Morgan fingerprint density at radius 1 is 1.32 bits per heavy atom. The van der Waals surface area contributed by atoms with Crippen LogP contribution in [0.5, 0.6) is 0 Å². The lowest BCUT2D eigenvalue weighted by molar-refractivity contribution is -0.118. The second kappa shape index (κ2) is 10.1. The van der Waals surface area contributed by atoms with E-state index in [4.69, 9.17) is 9.47 Å². The molecule has 6 nitrogen and oxygen atoms in total. The second-order valence-corrected chi connectivity index (χ2v) is 9.71. The average Bonchev–Trinajstić information content (AvgIpc) is 3.38. The van der Waals surface area contributed by atoms with Crippen molar-refractivity contribution in [2.75, 3.05) is 43.1 Å². The fourth-order valence-corrected chi connectivity index (χ4v) is 6.04. The zero-order valence-corrected chi connectivity index (χ0v) is 18.5. The lowest BCUT2D eigenvalue weighted by Gasteiger charge is -2.29. The maximum absolute atomic E-state index is 12.9. The molecule has 0 radical (unpaired) electrons. The third kappa shape index (κ3) is 5.28. The Hall–Kier alpha value is -1.09. The van der Waals surface area contributed by atoms with Gasteiger partial charge in [0.25, 0.3) is 0 Å². The van der Waals surface area contributed by atoms with Crippen LogP contribution in [0.25, 0.3) is 0 Å². The van der Waals surface area contributed by atoms with Gasteiger partial charge in [-0.25, -0.2) is 4.79 Å². The molecular formula is C20H30N2O4S2. The number of thioether (sulfide) groups is 1. The molecule has 1 amide bonds. The quantitative estimate of drug-likeness (QED) is 0.642. The van der Waals surface area contributed by atoms with E-state index in [1.807, 2.05) is 25.6 Å². The van der Waals surface area contributed by atoms with E-state index in [-0.39, 0.29) is 18.0 Å². The van der Waals surface area contributed by atoms with Crippen LogP contribution in [0.15, 0.2) is 0 Å². The summed E-state index contributed by atoms with van der Waals surface area (Å²) in [7, 11) is 0. The molecule has 0 aromatic carbocycles. The van der Waals surface area contributed by atoms with E-state index in [9.17, 15) is 9.59 Å². The Labute approximate surface area is 175 Å². The first-order valence-corrected chi connectivity index (χ1v) is 12.0. The lowest BCUT2D eigenvalue weighted by atomic mass is 10.1. The third-order valence-corrected chi connectivity index (χ3v) is 7.62. The zero-order valence-electron chi connectivity index (χ0n) is 16.9. The summed E-state index contributed by atoms with van der Waals surface area (Å²) in [5.41, 5.74) is 1.36. The van der Waals surface area contributed by atoms with Crippen LogP contribution in [0.3, 0.4) is 0 Å². The van der Waals surface area contributed by atoms with Gasteiger partial charge in [-0.05, 0) is 51.3 Å². The van der Waals surface area contributed by atoms with Gasteiger partial charge in [-0.2, -0.15) is 11.8 Å². The molecule has 28 heavy (non-hydrogen) atoms. The predicted molar refractivity (Wildman–Crippen MR) is 115 cm³/mol. The first-order valence-electron chi connectivity index (χ1n) is 10.00. The summed E-state index contributed by atoms with van der Waals surface area (Å²) in [6.45, 7) is 7.89. The molecular weight excluding hydrogens is 396 g/mol. The molecule has 1 aromatic heterocycles. The minimum absolute atomic E-state index is 0.0818. The molecule has 156 valence electrons. The Balaban J connectivity index is 1.68. The summed E-state index contributed by atoms with van der Waals surface area (Å²) in [4.78, 5) is 28.5. The Morgan fingerprint density at radius 3 is 2.79 bits per heavy atom. The van der Waals surface area contributed by atoms with E-state index in [1.165, 1.54) is 11.3 Å². The van der Waals surface area contributed by atoms with Gasteiger partial charge in [-0.3, -0.25) is 9.69 Å². The van der Waals surface area contributed by atoms with Crippen molar-refractivity contribution in [1.29, 1.82) is 0 Å². The molecule has 1 N–H and O–H groups in total. The number of anilines is 1. The van der Waals surface area contributed by atoms with Crippen LogP contribution in [-0.2, 0) is 14.3 Å². The van der Waals surface area contributed by atoms with Crippen LogP contribution in [0, 0.1) is 13.8 Å². The molecule has 3 heterocycles. The number of ether oxygens (including phenoxy) is 2. The first kappa shape index (κ1) is 21.6. The first-order chi connectivity index (χ1) is 13.5.